The normalized spacial score (nSPS) is 12.5. The fourth-order valence-corrected chi connectivity index (χ4v) is 15.4. The molecule has 6 atom stereocenters. The second-order valence-corrected chi connectivity index (χ2v) is 35.0. The molecule has 0 heterocycles. The number of nitrogens with one attached hydrogen (secondary N) is 4. The number of phosphoric acid groups is 2. The van der Waals surface area contributed by atoms with Crippen LogP contribution in [0.4, 0.5) is 0 Å². The molecule has 0 aromatic carbocycles. The molecule has 125 heavy (non-hydrogen) atoms. The van der Waals surface area contributed by atoms with Gasteiger partial charge in [0.15, 0.2) is 6.10 Å². The molecular weight excluding hydrogens is 1620 g/mol. The monoisotopic (exact) mass is 1780 g/mol. The van der Waals surface area contributed by atoms with Gasteiger partial charge >= 0.3 is 27.6 Å². The van der Waals surface area contributed by atoms with E-state index in [0.29, 0.717) is 38.5 Å². The molecule has 0 bridgehead atoms. The van der Waals surface area contributed by atoms with Crippen molar-refractivity contribution in [2.75, 3.05) is 79.2 Å². The number of carbonyl (C=O) groups is 6. The first-order valence-electron chi connectivity index (χ1n) is 47.9. The Balaban J connectivity index is 6.22. The molecule has 4 N–H and O–H groups in total. The van der Waals surface area contributed by atoms with Gasteiger partial charge in [0, 0.05) is 51.6 Å². The van der Waals surface area contributed by atoms with Crippen molar-refractivity contribution in [2.24, 2.45) is 0 Å². The molecule has 0 saturated heterocycles. The van der Waals surface area contributed by atoms with Crippen molar-refractivity contribution in [3.8, 4) is 94.7 Å². The summed E-state index contributed by atoms with van der Waals surface area (Å²) in [7, 11) is -8.80. The van der Waals surface area contributed by atoms with Crippen LogP contribution in [-0.2, 0) is 84.0 Å². The third-order valence-corrected chi connectivity index (χ3v) is 22.9. The van der Waals surface area contributed by atoms with Crippen LogP contribution in [0.15, 0.2) is 25.3 Å². The Hall–Kier alpha value is -7.08. The van der Waals surface area contributed by atoms with Gasteiger partial charge in [-0.15, -0.1) is 13.2 Å². The van der Waals surface area contributed by atoms with Crippen LogP contribution in [0.25, 0.3) is 0 Å². The maximum atomic E-state index is 14.2. The number of esters is 2. The minimum Gasteiger partial charge on any atom is -0.462 e. The molecule has 0 fully saturated rings. The predicted molar refractivity (Wildman–Crippen MR) is 504 cm³/mol. The Bertz CT molecular complexity index is 3480. The summed E-state index contributed by atoms with van der Waals surface area (Å²) in [5, 5.41) is 11.1. The molecule has 0 aliphatic carbocycles. The van der Waals surface area contributed by atoms with Crippen LogP contribution in [0.5, 0.6) is 0 Å². The smallest absolute Gasteiger partial charge is 0.462 e. The zero-order valence-corrected chi connectivity index (χ0v) is 79.9. The lowest BCUT2D eigenvalue weighted by molar-refractivity contribution is -0.151. The van der Waals surface area contributed by atoms with E-state index < -0.39 is 71.3 Å². The number of hydrogen-bond acceptors (Lipinski definition) is 18. The van der Waals surface area contributed by atoms with Gasteiger partial charge in [-0.1, -0.05) is 310 Å². The number of hydrogen-bond donors (Lipinski definition) is 4. The fraction of sp³-hybridized carbons (Fsp3) is 0.743. The van der Waals surface area contributed by atoms with E-state index in [-0.39, 0.29) is 116 Å². The lowest BCUT2D eigenvalue weighted by atomic mass is 10.1. The van der Waals surface area contributed by atoms with Crippen molar-refractivity contribution in [2.45, 2.75) is 406 Å². The van der Waals surface area contributed by atoms with Gasteiger partial charge in [-0.3, -0.25) is 55.9 Å². The van der Waals surface area contributed by atoms with Crippen molar-refractivity contribution in [1.29, 1.82) is 0 Å². The Morgan fingerprint density at radius 2 is 0.624 bits per heavy atom. The van der Waals surface area contributed by atoms with E-state index >= 15 is 0 Å². The van der Waals surface area contributed by atoms with Gasteiger partial charge < -0.3 is 40.2 Å². The van der Waals surface area contributed by atoms with Crippen molar-refractivity contribution < 1.29 is 84.0 Å². The molecule has 4 amide bonds. The standard InChI is InChI=1S/C101H162N4O18P2/c1-9-17-23-29-34-39-42-43-44-45-48-51-54-60-66-72-95(123-101(111)76-70-64-58-50-38-33-27-21-13-5)78-84-115-89-93(105-97(107)74-68-62-56-53-47-41-36-31-25-19-11-3)91-121-125(113,117-82-16-8)119-86-80-103-99(109)87-98(108)102-79-85-118-124(112,116-81-15-7)120-90-92(104-96(106)73-67-61-55-52-46-40-35-30-24-18-10-2)88-114-83-77-94(71-65-59-28-22-14-6)122-100(110)75-69-63-57-49-37-32-26-20-12-4/h15-16,92-95H,7-8,10-14,18-22,24-28,30-33,35-38,40-41,46-47,49-50,52-53,55-59,61-65,67-71,73-91H2,1-6H3,(H,102,108)(H,103,109)(H,104,106)(H,105,107)/t92-,93+,94+,95+,124?,125?/m0/s1. The van der Waals surface area contributed by atoms with E-state index in [4.69, 9.17) is 46.1 Å². The van der Waals surface area contributed by atoms with E-state index in [1.165, 1.54) is 166 Å². The van der Waals surface area contributed by atoms with Crippen molar-refractivity contribution in [3.05, 3.63) is 25.3 Å². The number of rotatable bonds is 86. The second-order valence-electron chi connectivity index (χ2n) is 31.6. The summed E-state index contributed by atoms with van der Waals surface area (Å²) in [6, 6.07) is -1.65. The summed E-state index contributed by atoms with van der Waals surface area (Å²) in [5.74, 6) is 39.2. The van der Waals surface area contributed by atoms with Crippen LogP contribution in [0.3, 0.4) is 0 Å². The van der Waals surface area contributed by atoms with Gasteiger partial charge in [-0.05, 0) is 134 Å². The molecule has 704 valence electrons. The van der Waals surface area contributed by atoms with Gasteiger partial charge in [0.1, 0.15) is 12.5 Å². The summed E-state index contributed by atoms with van der Waals surface area (Å²) < 4.78 is 86.7. The van der Waals surface area contributed by atoms with E-state index in [9.17, 15) is 37.9 Å². The van der Waals surface area contributed by atoms with Crippen LogP contribution < -0.4 is 21.3 Å². The summed E-state index contributed by atoms with van der Waals surface area (Å²) in [6.07, 6.45) is 53.5. The molecule has 0 radical (unpaired) electrons. The number of unbranched alkanes of at least 4 members (excludes halogenated alkanes) is 40. The molecule has 0 aromatic rings. The summed E-state index contributed by atoms with van der Waals surface area (Å²) in [5.41, 5.74) is 0. The molecule has 0 saturated carbocycles. The Kier molecular flexibility index (Phi) is 85.2. The Labute approximate surface area is 757 Å². The van der Waals surface area contributed by atoms with Gasteiger partial charge in [0.25, 0.3) is 0 Å². The van der Waals surface area contributed by atoms with Crippen LogP contribution in [-0.4, -0.2) is 139 Å². The van der Waals surface area contributed by atoms with E-state index in [1.807, 2.05) is 0 Å². The molecule has 0 aliphatic heterocycles. The van der Waals surface area contributed by atoms with Crippen molar-refractivity contribution >= 4 is 51.2 Å². The molecule has 0 spiro atoms. The summed E-state index contributed by atoms with van der Waals surface area (Å²) in [4.78, 5) is 79.7. The fourth-order valence-electron chi connectivity index (χ4n) is 13.0. The minimum absolute atomic E-state index is 0.0136. The Morgan fingerprint density at radius 3 is 0.968 bits per heavy atom. The minimum atomic E-state index is -4.43. The van der Waals surface area contributed by atoms with Crippen LogP contribution in [0.2, 0.25) is 0 Å². The van der Waals surface area contributed by atoms with Crippen LogP contribution in [0, 0.1) is 94.7 Å². The highest BCUT2D eigenvalue weighted by Crippen LogP contribution is 2.50. The topological polar surface area (TPSA) is 277 Å². The summed E-state index contributed by atoms with van der Waals surface area (Å²) >= 11 is 0. The van der Waals surface area contributed by atoms with Crippen molar-refractivity contribution in [3.63, 3.8) is 0 Å². The largest absolute Gasteiger partial charge is 0.475 e. The highest BCUT2D eigenvalue weighted by molar-refractivity contribution is 7.48. The second kappa shape index (κ2) is 90.3. The molecule has 0 rings (SSSR count). The lowest BCUT2D eigenvalue weighted by Gasteiger charge is -2.23. The van der Waals surface area contributed by atoms with E-state index in [2.05, 4.69) is 164 Å². The first kappa shape index (κ1) is 118. The average molecular weight is 1780 g/mol. The Morgan fingerprint density at radius 1 is 0.320 bits per heavy atom. The van der Waals surface area contributed by atoms with Gasteiger partial charge in [-0.2, -0.15) is 0 Å². The first-order chi connectivity index (χ1) is 61.0. The predicted octanol–water partition coefficient (Wildman–Crippen LogP) is 21.6. The van der Waals surface area contributed by atoms with Gasteiger partial charge in [0.2, 0.25) is 23.6 Å². The third-order valence-electron chi connectivity index (χ3n) is 20.1. The van der Waals surface area contributed by atoms with Gasteiger partial charge in [-0.25, -0.2) is 9.13 Å². The molecule has 0 aliphatic rings. The lowest BCUT2D eigenvalue weighted by Crippen LogP contribution is -2.41. The first-order valence-corrected chi connectivity index (χ1v) is 50.8. The maximum absolute atomic E-state index is 14.2. The summed E-state index contributed by atoms with van der Waals surface area (Å²) in [6.45, 7) is 17.8. The number of carbonyl (C=O) groups excluding carboxylic acids is 6. The van der Waals surface area contributed by atoms with Gasteiger partial charge in [0.05, 0.1) is 78.2 Å². The molecule has 2 unspecified atom stereocenters. The number of phosphoric ester groups is 2. The zero-order chi connectivity index (χ0) is 91.4. The highest BCUT2D eigenvalue weighted by atomic mass is 31.2. The van der Waals surface area contributed by atoms with Crippen molar-refractivity contribution in [1.82, 2.24) is 21.3 Å². The quantitative estimate of drug-likeness (QED) is 0.0110. The SMILES string of the molecule is C=CCOP(=O)(OCCNC(=O)CC(=O)NCCOP(=O)(OCC=C)OC[C@H](COCC[C@@H](CCCCCCC)OC(=O)CCCCCCCCCCC)NC(=O)CCCCCCCCCCCCC)OC[C@@H](COCC[C@@H](C#CC#CC#CC#CC#CC#CC#CC#CC)OC(=O)CCCCCCCCCCC)NC(=O)CCCCCCCCCCCCC. The average Bonchev–Trinajstić information content (AvgIpc) is 0.888. The van der Waals surface area contributed by atoms with Crippen LogP contribution in [0.1, 0.15) is 382 Å². The highest BCUT2D eigenvalue weighted by Gasteiger charge is 2.31. The molecule has 24 heteroatoms. The van der Waals surface area contributed by atoms with Crippen LogP contribution >= 0.6 is 15.6 Å². The zero-order valence-electron chi connectivity index (χ0n) is 78.1. The number of ether oxygens (including phenoxy) is 4. The molecular formula is C101H162N4O18P2. The molecule has 0 aromatic heterocycles. The maximum Gasteiger partial charge on any atom is 0.475 e. The van der Waals surface area contributed by atoms with E-state index in [0.717, 1.165) is 116 Å². The van der Waals surface area contributed by atoms with E-state index in [1.54, 1.807) is 6.92 Å². The molecule has 22 nitrogen and oxygen atoms in total. The number of amides is 4. The third kappa shape index (κ3) is 82.4.